The van der Waals surface area contributed by atoms with E-state index in [4.69, 9.17) is 0 Å². The molecule has 0 unspecified atom stereocenters. The molecule has 72 valence electrons. The molecule has 1 aromatic rings. The lowest BCUT2D eigenvalue weighted by molar-refractivity contribution is 0.379. The Morgan fingerprint density at radius 3 is 2.92 bits per heavy atom. The molecule has 0 radical (unpaired) electrons. The van der Waals surface area contributed by atoms with Crippen LogP contribution in [0.5, 0.6) is 0 Å². The van der Waals surface area contributed by atoms with Crippen LogP contribution >= 0.6 is 15.9 Å². The second-order valence-corrected chi connectivity index (χ2v) is 3.90. The van der Waals surface area contributed by atoms with Gasteiger partial charge in [0.2, 0.25) is 0 Å². The summed E-state index contributed by atoms with van der Waals surface area (Å²) in [5.41, 5.74) is -0.0307. The van der Waals surface area contributed by atoms with Gasteiger partial charge < -0.3 is 4.90 Å². The van der Waals surface area contributed by atoms with Gasteiger partial charge >= 0.3 is 0 Å². The third kappa shape index (κ3) is 2.93. The molecule has 0 saturated carbocycles. The van der Waals surface area contributed by atoms with Gasteiger partial charge in [-0.2, -0.15) is 0 Å². The zero-order chi connectivity index (χ0) is 9.84. The normalized spacial score (nSPS) is 10.8. The van der Waals surface area contributed by atoms with Crippen LogP contribution in [-0.2, 0) is 6.54 Å². The van der Waals surface area contributed by atoms with Gasteiger partial charge in [0.15, 0.2) is 0 Å². The van der Waals surface area contributed by atoms with Crippen LogP contribution in [-0.4, -0.2) is 35.1 Å². The summed E-state index contributed by atoms with van der Waals surface area (Å²) in [5, 5.41) is 0. The van der Waals surface area contributed by atoms with Crippen molar-refractivity contribution >= 4 is 15.9 Å². The Hall–Kier alpha value is -0.680. The smallest absolute Gasteiger partial charge is 0.267 e. The second-order valence-electron chi connectivity index (χ2n) is 3.04. The summed E-state index contributed by atoms with van der Waals surface area (Å²) in [6.45, 7) is 1.50. The van der Waals surface area contributed by atoms with Crippen molar-refractivity contribution in [2.24, 2.45) is 0 Å². The molecular weight excluding hydrogens is 234 g/mol. The van der Waals surface area contributed by atoms with E-state index in [1.807, 2.05) is 19.0 Å². The van der Waals surface area contributed by atoms with Crippen molar-refractivity contribution in [3.8, 4) is 0 Å². The molecule has 0 aliphatic heterocycles. The van der Waals surface area contributed by atoms with Gasteiger partial charge in [-0.05, 0) is 30.0 Å². The van der Waals surface area contributed by atoms with Crippen LogP contribution in [0.2, 0.25) is 0 Å². The van der Waals surface area contributed by atoms with Crippen LogP contribution in [0.3, 0.4) is 0 Å². The van der Waals surface area contributed by atoms with Crippen molar-refractivity contribution < 1.29 is 0 Å². The third-order valence-corrected chi connectivity index (χ3v) is 2.19. The molecule has 1 aromatic heterocycles. The highest BCUT2D eigenvalue weighted by molar-refractivity contribution is 9.10. The minimum Gasteiger partial charge on any atom is -0.308 e. The molecule has 4 nitrogen and oxygen atoms in total. The molecule has 0 fully saturated rings. The van der Waals surface area contributed by atoms with E-state index in [0.717, 1.165) is 6.54 Å². The topological polar surface area (TPSA) is 38.1 Å². The van der Waals surface area contributed by atoms with Gasteiger partial charge in [-0.1, -0.05) is 0 Å². The van der Waals surface area contributed by atoms with Crippen LogP contribution in [0.1, 0.15) is 0 Å². The lowest BCUT2D eigenvalue weighted by atomic mass is 10.5. The summed E-state index contributed by atoms with van der Waals surface area (Å²) in [4.78, 5) is 17.4. The summed E-state index contributed by atoms with van der Waals surface area (Å²) in [7, 11) is 3.94. The number of halogens is 1. The van der Waals surface area contributed by atoms with E-state index in [0.29, 0.717) is 11.0 Å². The highest BCUT2D eigenvalue weighted by Crippen LogP contribution is 1.97. The highest BCUT2D eigenvalue weighted by atomic mass is 79.9. The lowest BCUT2D eigenvalue weighted by Gasteiger charge is -2.10. The summed E-state index contributed by atoms with van der Waals surface area (Å²) in [6, 6.07) is 0. The standard InChI is InChI=1S/C8H12BrN3O/c1-11(2)3-4-12-6-10-5-7(9)8(12)13/h5-6H,3-4H2,1-2H3. The van der Waals surface area contributed by atoms with E-state index in [-0.39, 0.29) is 5.56 Å². The van der Waals surface area contributed by atoms with Crippen molar-refractivity contribution in [1.29, 1.82) is 0 Å². The van der Waals surface area contributed by atoms with E-state index in [1.54, 1.807) is 10.9 Å². The van der Waals surface area contributed by atoms with Crippen LogP contribution < -0.4 is 5.56 Å². The molecule has 0 aliphatic carbocycles. The first-order valence-corrected chi connectivity index (χ1v) is 4.75. The van der Waals surface area contributed by atoms with Gasteiger partial charge in [-0.3, -0.25) is 9.36 Å². The molecule has 0 aromatic carbocycles. The average molecular weight is 246 g/mol. The van der Waals surface area contributed by atoms with Crippen molar-refractivity contribution in [3.05, 3.63) is 27.4 Å². The largest absolute Gasteiger partial charge is 0.308 e. The molecule has 0 spiro atoms. The van der Waals surface area contributed by atoms with Crippen molar-refractivity contribution in [2.45, 2.75) is 6.54 Å². The van der Waals surface area contributed by atoms with Crippen LogP contribution in [0.25, 0.3) is 0 Å². The van der Waals surface area contributed by atoms with Crippen LogP contribution in [0.4, 0.5) is 0 Å². The number of rotatable bonds is 3. The molecule has 0 N–H and O–H groups in total. The number of aromatic nitrogens is 2. The molecular formula is C8H12BrN3O. The Kier molecular flexibility index (Phi) is 3.62. The minimum absolute atomic E-state index is 0.0307. The summed E-state index contributed by atoms with van der Waals surface area (Å²) < 4.78 is 2.10. The number of hydrogen-bond acceptors (Lipinski definition) is 3. The van der Waals surface area contributed by atoms with Crippen molar-refractivity contribution in [1.82, 2.24) is 14.5 Å². The minimum atomic E-state index is -0.0307. The van der Waals surface area contributed by atoms with Crippen molar-refractivity contribution in [2.75, 3.05) is 20.6 Å². The molecule has 1 rings (SSSR count). The zero-order valence-corrected chi connectivity index (χ0v) is 9.28. The second kappa shape index (κ2) is 4.53. The Bertz CT molecular complexity index is 334. The third-order valence-electron chi connectivity index (χ3n) is 1.65. The van der Waals surface area contributed by atoms with E-state index < -0.39 is 0 Å². The molecule has 0 bridgehead atoms. The fourth-order valence-electron chi connectivity index (χ4n) is 0.891. The van der Waals surface area contributed by atoms with Gasteiger partial charge in [0.1, 0.15) is 4.47 Å². The molecule has 5 heteroatoms. The first kappa shape index (κ1) is 10.4. The van der Waals surface area contributed by atoms with E-state index >= 15 is 0 Å². The average Bonchev–Trinajstić information content (AvgIpc) is 2.07. The predicted molar refractivity (Wildman–Crippen MR) is 54.8 cm³/mol. The molecule has 0 atom stereocenters. The first-order chi connectivity index (χ1) is 6.11. The van der Waals surface area contributed by atoms with Crippen LogP contribution in [0.15, 0.2) is 21.8 Å². The van der Waals surface area contributed by atoms with Gasteiger partial charge in [0, 0.05) is 19.3 Å². The number of hydrogen-bond donors (Lipinski definition) is 0. The zero-order valence-electron chi connectivity index (χ0n) is 7.70. The Labute approximate surface area is 85.3 Å². The van der Waals surface area contributed by atoms with Crippen LogP contribution in [0, 0.1) is 0 Å². The van der Waals surface area contributed by atoms with Crippen molar-refractivity contribution in [3.63, 3.8) is 0 Å². The SMILES string of the molecule is CN(C)CCn1cncc(Br)c1=O. The van der Waals surface area contributed by atoms with Gasteiger partial charge in [-0.15, -0.1) is 0 Å². The molecule has 0 amide bonds. The van der Waals surface area contributed by atoms with E-state index in [2.05, 4.69) is 20.9 Å². The lowest BCUT2D eigenvalue weighted by Crippen LogP contribution is -2.26. The maximum Gasteiger partial charge on any atom is 0.267 e. The fraction of sp³-hybridized carbons (Fsp3) is 0.500. The quantitative estimate of drug-likeness (QED) is 0.782. The molecule has 1 heterocycles. The summed E-state index contributed by atoms with van der Waals surface area (Å²) >= 11 is 3.14. The predicted octanol–water partition coefficient (Wildman–Crippen LogP) is 0.567. The van der Waals surface area contributed by atoms with E-state index in [9.17, 15) is 4.79 Å². The Balaban J connectivity index is 2.78. The first-order valence-electron chi connectivity index (χ1n) is 3.96. The monoisotopic (exact) mass is 245 g/mol. The summed E-state index contributed by atoms with van der Waals surface area (Å²) in [5.74, 6) is 0. The Morgan fingerprint density at radius 2 is 2.31 bits per heavy atom. The number of nitrogens with zero attached hydrogens (tertiary/aromatic N) is 3. The van der Waals surface area contributed by atoms with E-state index in [1.165, 1.54) is 6.20 Å². The maximum atomic E-state index is 11.4. The fourth-order valence-corrected chi connectivity index (χ4v) is 1.24. The Morgan fingerprint density at radius 1 is 1.62 bits per heavy atom. The molecule has 13 heavy (non-hydrogen) atoms. The van der Waals surface area contributed by atoms with Gasteiger partial charge in [-0.25, -0.2) is 4.98 Å². The van der Waals surface area contributed by atoms with Gasteiger partial charge in [0.25, 0.3) is 5.56 Å². The molecule has 0 saturated heterocycles. The van der Waals surface area contributed by atoms with Gasteiger partial charge in [0.05, 0.1) is 6.33 Å². The highest BCUT2D eigenvalue weighted by Gasteiger charge is 2.00. The number of likely N-dealkylation sites (N-methyl/N-ethyl adjacent to an activating group) is 1. The maximum absolute atomic E-state index is 11.4. The molecule has 0 aliphatic rings. The summed E-state index contributed by atoms with van der Waals surface area (Å²) in [6.07, 6.45) is 3.06.